The van der Waals surface area contributed by atoms with Gasteiger partial charge in [0.15, 0.2) is 12.3 Å². The van der Waals surface area contributed by atoms with Crippen molar-refractivity contribution in [1.29, 1.82) is 0 Å². The van der Waals surface area contributed by atoms with Crippen molar-refractivity contribution in [3.63, 3.8) is 0 Å². The van der Waals surface area contributed by atoms with Gasteiger partial charge in [0.25, 0.3) is 0 Å². The molecule has 1 aromatic heterocycles. The van der Waals surface area contributed by atoms with Crippen LogP contribution in [0.5, 0.6) is 0 Å². The molecule has 1 aliphatic heterocycles. The summed E-state index contributed by atoms with van der Waals surface area (Å²) in [7, 11) is -10.9. The van der Waals surface area contributed by atoms with Crippen molar-refractivity contribution in [2.75, 3.05) is 25.6 Å². The number of hydrogen-bond donors (Lipinski definition) is 6. The highest BCUT2D eigenvalue weighted by atomic mass is 31.3. The summed E-state index contributed by atoms with van der Waals surface area (Å²) in [6.07, 6.45) is 26.9. The van der Waals surface area contributed by atoms with Crippen LogP contribution < -0.4 is 11.4 Å². The number of phosphoric ester groups is 2. The summed E-state index contributed by atoms with van der Waals surface area (Å²) in [6.45, 7) is 4.28. The summed E-state index contributed by atoms with van der Waals surface area (Å²) in [5, 5.41) is 31.3. The Kier molecular flexibility index (Phi) is 33.1. The van der Waals surface area contributed by atoms with E-state index < -0.39 is 89.8 Å². The monoisotopic (exact) mass is 1030 g/mol. The standard InChI is InChI=1S/C49H85N3O16P2/c1-4-6-7-8-9-10-11-12-13-17-20-23-26-30-40(53)31-28-33-45(55)66-41(36-63-44(54)32-27-24-21-18-15-14-16-19-22-25-29-39(3)5-2)37-64-69(59,60)68-70(61,62)65-38-42-46(56)47(57)48(67-42)52-35-34-43(50)51-49(52)58/h12-13,20,23,26,30,34-35,39-42,46-48,53,56-57H,4-11,14-19,21-22,24-25,27-29,31-33,36-38H2,1-3H3,(H,59,60)(H,61,62)(H2,50,51,58)/b13-12+,23-20+,30-26+/t39?,40?,41-,42-,46-,47-,48-/m1/s1. The third-order valence-corrected chi connectivity index (χ3v) is 14.5. The zero-order valence-electron chi connectivity index (χ0n) is 41.8. The minimum atomic E-state index is -5.47. The van der Waals surface area contributed by atoms with E-state index in [-0.39, 0.29) is 31.5 Å². The number of aliphatic hydroxyl groups excluding tert-OH is 3. The number of nitrogen functional groups attached to an aromatic ring is 1. The number of carbonyl (C=O) groups excluding carboxylic acids is 2. The molecule has 9 atom stereocenters. The lowest BCUT2D eigenvalue weighted by Gasteiger charge is -2.21. The summed E-state index contributed by atoms with van der Waals surface area (Å²) >= 11 is 0. The number of aliphatic hydroxyl groups is 3. The molecule has 19 nitrogen and oxygen atoms in total. The van der Waals surface area contributed by atoms with Crippen LogP contribution in [0, 0.1) is 5.92 Å². The fourth-order valence-corrected chi connectivity index (χ4v) is 9.58. The summed E-state index contributed by atoms with van der Waals surface area (Å²) in [6, 6.07) is 1.24. The van der Waals surface area contributed by atoms with Crippen LogP contribution in [0.15, 0.2) is 53.5 Å². The number of anilines is 1. The number of esters is 2. The second-order valence-electron chi connectivity index (χ2n) is 18.1. The number of aromatic nitrogens is 2. The fraction of sp³-hybridized carbons (Fsp3) is 0.755. The van der Waals surface area contributed by atoms with Crippen LogP contribution >= 0.6 is 15.6 Å². The predicted molar refractivity (Wildman–Crippen MR) is 267 cm³/mol. The van der Waals surface area contributed by atoms with E-state index in [2.05, 4.69) is 42.2 Å². The normalized spacial score (nSPS) is 20.5. The van der Waals surface area contributed by atoms with Gasteiger partial charge in [-0.05, 0) is 50.5 Å². The lowest BCUT2D eigenvalue weighted by Crippen LogP contribution is -2.36. The first kappa shape index (κ1) is 63.1. The van der Waals surface area contributed by atoms with Crippen molar-refractivity contribution in [3.8, 4) is 0 Å². The number of rotatable bonds is 41. The molecule has 2 rings (SSSR count). The topological polar surface area (TPSA) is 286 Å². The Morgan fingerprint density at radius 2 is 1.43 bits per heavy atom. The Morgan fingerprint density at radius 3 is 2.10 bits per heavy atom. The van der Waals surface area contributed by atoms with Gasteiger partial charge in [-0.25, -0.2) is 13.9 Å². The van der Waals surface area contributed by atoms with E-state index in [1.54, 1.807) is 12.2 Å². The molecular formula is C49H85N3O16P2. The van der Waals surface area contributed by atoms with Gasteiger partial charge in [-0.15, -0.1) is 0 Å². The van der Waals surface area contributed by atoms with Gasteiger partial charge >= 0.3 is 33.3 Å². The molecule has 70 heavy (non-hydrogen) atoms. The minimum Gasteiger partial charge on any atom is -0.462 e. The van der Waals surface area contributed by atoms with E-state index in [1.165, 1.54) is 89.5 Å². The van der Waals surface area contributed by atoms with Crippen molar-refractivity contribution in [1.82, 2.24) is 9.55 Å². The molecule has 0 radical (unpaired) electrons. The van der Waals surface area contributed by atoms with Crippen molar-refractivity contribution < 1.29 is 71.4 Å². The van der Waals surface area contributed by atoms with Crippen LogP contribution in [0.2, 0.25) is 0 Å². The molecule has 7 N–H and O–H groups in total. The molecule has 2 heterocycles. The Balaban J connectivity index is 1.86. The number of allylic oxidation sites excluding steroid dienone is 5. The highest BCUT2D eigenvalue weighted by molar-refractivity contribution is 7.61. The summed E-state index contributed by atoms with van der Waals surface area (Å²) in [4.78, 5) is 61.9. The van der Waals surface area contributed by atoms with E-state index in [0.717, 1.165) is 55.2 Å². The van der Waals surface area contributed by atoms with Crippen LogP contribution in [0.1, 0.15) is 181 Å². The van der Waals surface area contributed by atoms with Crippen LogP contribution in [0.25, 0.3) is 0 Å². The molecule has 402 valence electrons. The number of nitrogens with zero attached hydrogens (tertiary/aromatic N) is 2. The van der Waals surface area contributed by atoms with Gasteiger partial charge in [-0.3, -0.25) is 23.2 Å². The van der Waals surface area contributed by atoms with Gasteiger partial charge in [0.2, 0.25) is 0 Å². The van der Waals surface area contributed by atoms with E-state index in [0.29, 0.717) is 6.42 Å². The smallest absolute Gasteiger partial charge is 0.462 e. The molecule has 1 fully saturated rings. The largest absolute Gasteiger partial charge is 0.481 e. The third-order valence-electron chi connectivity index (χ3n) is 11.9. The first-order valence-corrected chi connectivity index (χ1v) is 28.5. The van der Waals surface area contributed by atoms with Crippen molar-refractivity contribution in [2.45, 2.75) is 212 Å². The van der Waals surface area contributed by atoms with E-state index in [4.69, 9.17) is 29.0 Å². The van der Waals surface area contributed by atoms with Crippen molar-refractivity contribution in [2.24, 2.45) is 5.92 Å². The van der Waals surface area contributed by atoms with Crippen LogP contribution in [0.4, 0.5) is 5.82 Å². The summed E-state index contributed by atoms with van der Waals surface area (Å²) < 4.78 is 56.6. The lowest BCUT2D eigenvalue weighted by molar-refractivity contribution is -0.161. The zero-order chi connectivity index (χ0) is 51.6. The molecule has 1 aromatic rings. The molecule has 0 amide bonds. The Hall–Kier alpha value is -3.06. The molecule has 1 saturated heterocycles. The molecule has 0 bridgehead atoms. The Labute approximate surface area is 415 Å². The van der Waals surface area contributed by atoms with Crippen molar-refractivity contribution >= 4 is 33.4 Å². The first-order valence-electron chi connectivity index (χ1n) is 25.5. The minimum absolute atomic E-state index is 0.0890. The highest BCUT2D eigenvalue weighted by Gasteiger charge is 2.46. The van der Waals surface area contributed by atoms with Gasteiger partial charge in [-0.2, -0.15) is 9.29 Å². The molecule has 0 spiro atoms. The predicted octanol–water partition coefficient (Wildman–Crippen LogP) is 9.22. The van der Waals surface area contributed by atoms with E-state index in [1.807, 2.05) is 12.2 Å². The number of hydrogen-bond acceptors (Lipinski definition) is 16. The number of phosphoric acid groups is 2. The van der Waals surface area contributed by atoms with E-state index in [9.17, 15) is 48.6 Å². The molecule has 4 unspecified atom stereocenters. The maximum absolute atomic E-state index is 12.9. The van der Waals surface area contributed by atoms with Gasteiger partial charge in [0.1, 0.15) is 30.7 Å². The van der Waals surface area contributed by atoms with Gasteiger partial charge in [0, 0.05) is 19.0 Å². The Morgan fingerprint density at radius 1 is 0.800 bits per heavy atom. The number of ether oxygens (including phenoxy) is 3. The van der Waals surface area contributed by atoms with Gasteiger partial charge in [-0.1, -0.05) is 160 Å². The zero-order valence-corrected chi connectivity index (χ0v) is 43.6. The second kappa shape index (κ2) is 36.8. The van der Waals surface area contributed by atoms with Gasteiger partial charge in [0.05, 0.1) is 19.3 Å². The molecule has 1 aliphatic rings. The molecule has 0 saturated carbocycles. The highest BCUT2D eigenvalue weighted by Crippen LogP contribution is 2.60. The van der Waals surface area contributed by atoms with Crippen LogP contribution in [-0.2, 0) is 46.3 Å². The second-order valence-corrected chi connectivity index (χ2v) is 21.2. The fourth-order valence-electron chi connectivity index (χ4n) is 7.47. The summed E-state index contributed by atoms with van der Waals surface area (Å²) in [5.41, 5.74) is 4.57. The maximum Gasteiger partial charge on any atom is 0.481 e. The maximum atomic E-state index is 12.9. The average Bonchev–Trinajstić information content (AvgIpc) is 3.59. The number of nitrogens with two attached hydrogens (primary N) is 1. The van der Waals surface area contributed by atoms with E-state index >= 15 is 0 Å². The van der Waals surface area contributed by atoms with Gasteiger partial charge < -0.3 is 45.1 Å². The van der Waals surface area contributed by atoms with Crippen LogP contribution in [0.3, 0.4) is 0 Å². The molecule has 0 aromatic carbocycles. The molecule has 21 heteroatoms. The summed E-state index contributed by atoms with van der Waals surface area (Å²) in [5.74, 6) is -0.704. The SMILES string of the molecule is CCCCCCCC/C=C/C/C=C/C=C/C(O)CCCC(=O)O[C@H](COC(=O)CCCCCCCCCCCCC(C)CC)COP(=O)(O)OP(=O)(O)OC[C@H]1O[C@@H](n2ccc(N)nc2=O)[C@H](O)[C@@H]1O. The van der Waals surface area contributed by atoms with Crippen molar-refractivity contribution in [3.05, 3.63) is 59.2 Å². The quantitative estimate of drug-likeness (QED) is 0.0117. The van der Waals surface area contributed by atoms with Crippen LogP contribution in [-0.4, -0.2) is 96.9 Å². The number of carbonyl (C=O) groups is 2. The lowest BCUT2D eigenvalue weighted by atomic mass is 9.99. The average molecular weight is 1030 g/mol. The molecular weight excluding hydrogens is 948 g/mol. The third kappa shape index (κ3) is 29.5. The Bertz CT molecular complexity index is 1850. The molecule has 0 aliphatic carbocycles. The first-order chi connectivity index (χ1) is 33.5. The number of unbranched alkanes of at least 4 members (excludes halogenated alkanes) is 15.